The molecule has 0 heterocycles. The highest BCUT2D eigenvalue weighted by atomic mass is 32.2. The van der Waals surface area contributed by atoms with Crippen LogP contribution in [0.15, 0.2) is 12.7 Å². The van der Waals surface area contributed by atoms with Gasteiger partial charge in [0.25, 0.3) is 0 Å². The zero-order valence-corrected chi connectivity index (χ0v) is 15.3. The highest BCUT2D eigenvalue weighted by molar-refractivity contribution is 8.00. The zero-order chi connectivity index (χ0) is 20.3. The fourth-order valence-electron chi connectivity index (χ4n) is 1.60. The van der Waals surface area contributed by atoms with Gasteiger partial charge in [0.15, 0.2) is 0 Å². The van der Waals surface area contributed by atoms with Crippen LogP contribution in [-0.2, 0) is 19.2 Å². The molecule has 0 aromatic rings. The van der Waals surface area contributed by atoms with E-state index < -0.39 is 47.1 Å². The molecule has 0 radical (unpaired) electrons. The molecule has 0 bridgehead atoms. The molecule has 11 heteroatoms. The molecule has 0 rings (SSSR count). The number of amides is 2. The number of aliphatic hydroxyl groups excluding tert-OH is 1. The lowest BCUT2D eigenvalue weighted by atomic mass is 10.1. The van der Waals surface area contributed by atoms with Gasteiger partial charge in [-0.2, -0.15) is 0 Å². The first-order chi connectivity index (χ1) is 12.0. The molecule has 10 nitrogen and oxygen atoms in total. The van der Waals surface area contributed by atoms with Crippen molar-refractivity contribution in [2.45, 2.75) is 36.6 Å². The van der Waals surface area contributed by atoms with Crippen molar-refractivity contribution < 1.29 is 40.2 Å². The Hall–Kier alpha value is -2.11. The van der Waals surface area contributed by atoms with Gasteiger partial charge in [0, 0.05) is 18.6 Å². The Bertz CT molecular complexity index is 543. The number of hydrogen-bond acceptors (Lipinski definition) is 8. The van der Waals surface area contributed by atoms with Gasteiger partial charge in [0.05, 0.1) is 29.8 Å². The number of hydrogen-bond donors (Lipinski definition) is 4. The molecule has 0 aliphatic rings. The summed E-state index contributed by atoms with van der Waals surface area (Å²) in [6.45, 7) is 4.29. The maximum Gasteiger partial charge on any atom is 0.243 e. The Morgan fingerprint density at radius 3 is 2.42 bits per heavy atom. The summed E-state index contributed by atoms with van der Waals surface area (Å²) in [5.74, 6) is -4.19. The maximum atomic E-state index is 12.1. The Kier molecular flexibility index (Phi) is 10.6. The smallest absolute Gasteiger partial charge is 0.243 e. The number of quaternary nitrogens is 1. The topological polar surface area (TPSA) is 186 Å². The van der Waals surface area contributed by atoms with Gasteiger partial charge in [-0.25, -0.2) is 0 Å². The minimum absolute atomic E-state index is 0.0298. The third kappa shape index (κ3) is 9.39. The summed E-state index contributed by atoms with van der Waals surface area (Å²) in [7, 11) is 0. The molecule has 0 saturated carbocycles. The molecule has 148 valence electrons. The van der Waals surface area contributed by atoms with E-state index in [-0.39, 0.29) is 25.2 Å². The number of carbonyl (C=O) groups excluding carboxylic acids is 4. The molecule has 0 aromatic heterocycles. The molecule has 26 heavy (non-hydrogen) atoms. The quantitative estimate of drug-likeness (QED) is 0.225. The zero-order valence-electron chi connectivity index (χ0n) is 14.5. The molecule has 0 aliphatic carbocycles. The molecule has 1 unspecified atom stereocenters. The SMILES string of the molecule is C=CC(C)(CO)SC[C@H](NC(=O)CC[C@H]([NH3+])C(=O)[O-])C(=O)NCC(=O)[O-]. The van der Waals surface area contributed by atoms with Crippen LogP contribution in [0.4, 0.5) is 0 Å². The van der Waals surface area contributed by atoms with Crippen molar-refractivity contribution in [3.8, 4) is 0 Å². The van der Waals surface area contributed by atoms with Crippen molar-refractivity contribution >= 4 is 35.5 Å². The van der Waals surface area contributed by atoms with Crippen LogP contribution < -0.4 is 26.6 Å². The van der Waals surface area contributed by atoms with Crippen LogP contribution in [0.2, 0.25) is 0 Å². The fourth-order valence-corrected chi connectivity index (χ4v) is 2.59. The number of aliphatic hydroxyl groups is 1. The second-order valence-corrected chi connectivity index (χ2v) is 7.31. The van der Waals surface area contributed by atoms with E-state index in [0.29, 0.717) is 0 Å². The highest BCUT2D eigenvalue weighted by Crippen LogP contribution is 2.26. The minimum atomic E-state index is -1.49. The highest BCUT2D eigenvalue weighted by Gasteiger charge is 2.26. The van der Waals surface area contributed by atoms with Crippen LogP contribution in [0.1, 0.15) is 19.8 Å². The largest absolute Gasteiger partial charge is 0.548 e. The maximum absolute atomic E-state index is 12.1. The average molecular weight is 390 g/mol. The van der Waals surface area contributed by atoms with Crippen LogP contribution in [0, 0.1) is 0 Å². The summed E-state index contributed by atoms with van der Waals surface area (Å²) < 4.78 is -0.759. The summed E-state index contributed by atoms with van der Waals surface area (Å²) in [6.07, 6.45) is 1.22. The third-order valence-corrected chi connectivity index (χ3v) is 4.89. The fraction of sp³-hybridized carbons (Fsp3) is 0.600. The van der Waals surface area contributed by atoms with E-state index in [4.69, 9.17) is 0 Å². The Morgan fingerprint density at radius 2 is 1.96 bits per heavy atom. The van der Waals surface area contributed by atoms with Crippen molar-refractivity contribution in [2.75, 3.05) is 18.9 Å². The summed E-state index contributed by atoms with van der Waals surface area (Å²) in [5.41, 5.74) is 3.33. The van der Waals surface area contributed by atoms with Gasteiger partial charge >= 0.3 is 0 Å². The summed E-state index contributed by atoms with van der Waals surface area (Å²) >= 11 is 1.14. The van der Waals surface area contributed by atoms with Gasteiger partial charge in [-0.05, 0) is 6.92 Å². The van der Waals surface area contributed by atoms with E-state index in [1.54, 1.807) is 6.92 Å². The number of carboxylic acid groups (broad SMARTS) is 2. The number of aliphatic carboxylic acids is 2. The van der Waals surface area contributed by atoms with Crippen molar-refractivity contribution in [3.63, 3.8) is 0 Å². The van der Waals surface area contributed by atoms with Gasteiger partial charge in [-0.1, -0.05) is 6.08 Å². The number of carbonyl (C=O) groups is 4. The predicted octanol–water partition coefficient (Wildman–Crippen LogP) is -4.85. The lowest BCUT2D eigenvalue weighted by Crippen LogP contribution is -2.68. The molecule has 2 amide bonds. The van der Waals surface area contributed by atoms with Gasteiger partial charge in [-0.15, -0.1) is 18.3 Å². The molecule has 0 fully saturated rings. The second-order valence-electron chi connectivity index (χ2n) is 5.75. The number of thioether (sulfide) groups is 1. The average Bonchev–Trinajstić information content (AvgIpc) is 2.60. The summed E-state index contributed by atoms with van der Waals surface area (Å²) in [6, 6.07) is -2.16. The van der Waals surface area contributed by atoms with Gasteiger partial charge in [0.2, 0.25) is 11.8 Å². The van der Waals surface area contributed by atoms with E-state index in [0.717, 1.165) is 11.8 Å². The molecule has 6 N–H and O–H groups in total. The molecule has 0 spiro atoms. The van der Waals surface area contributed by atoms with Crippen LogP contribution in [0.5, 0.6) is 0 Å². The van der Waals surface area contributed by atoms with E-state index >= 15 is 0 Å². The van der Waals surface area contributed by atoms with E-state index in [9.17, 15) is 34.5 Å². The summed E-state index contributed by atoms with van der Waals surface area (Å²) in [5, 5.41) is 34.9. The monoisotopic (exact) mass is 390 g/mol. The van der Waals surface area contributed by atoms with Crippen LogP contribution in [-0.4, -0.2) is 64.6 Å². The Balaban J connectivity index is 4.88. The van der Waals surface area contributed by atoms with Gasteiger partial charge in [-0.3, -0.25) is 9.59 Å². The number of rotatable bonds is 13. The first-order valence-electron chi connectivity index (χ1n) is 7.74. The standard InChI is InChI=1S/C15H25N3O7S/c1-3-15(2,8-19)26-7-10(13(23)17-6-12(21)22)18-11(20)5-4-9(16)14(24)25/h3,9-10,19H,1,4-8,16H2,2H3,(H,17,23)(H,18,20)(H,21,22)(H,24,25)/p-1/t9-,10-,15?/m0/s1. The molecule has 0 aromatic carbocycles. The molecule has 0 aliphatic heterocycles. The first kappa shape index (κ1) is 23.9. The Labute approximate surface area is 155 Å². The van der Waals surface area contributed by atoms with Crippen LogP contribution in [0.3, 0.4) is 0 Å². The van der Waals surface area contributed by atoms with E-state index in [1.165, 1.54) is 6.08 Å². The lowest BCUT2D eigenvalue weighted by molar-refractivity contribution is -0.438. The normalized spacial score (nSPS) is 15.2. The number of nitrogens with one attached hydrogen (secondary N) is 2. The molecule has 0 saturated heterocycles. The third-order valence-electron chi connectivity index (χ3n) is 3.44. The lowest BCUT2D eigenvalue weighted by Gasteiger charge is -2.26. The predicted molar refractivity (Wildman–Crippen MR) is 89.0 cm³/mol. The van der Waals surface area contributed by atoms with Gasteiger partial charge in [0.1, 0.15) is 12.1 Å². The molecular formula is C15H24N3O7S-. The van der Waals surface area contributed by atoms with Crippen molar-refractivity contribution in [2.24, 2.45) is 0 Å². The summed E-state index contributed by atoms with van der Waals surface area (Å²) in [4.78, 5) is 45.1. The first-order valence-corrected chi connectivity index (χ1v) is 8.72. The van der Waals surface area contributed by atoms with Crippen molar-refractivity contribution in [3.05, 3.63) is 12.7 Å². The van der Waals surface area contributed by atoms with Crippen LogP contribution in [0.25, 0.3) is 0 Å². The van der Waals surface area contributed by atoms with E-state index in [2.05, 4.69) is 22.9 Å². The van der Waals surface area contributed by atoms with Crippen molar-refractivity contribution in [1.82, 2.24) is 10.6 Å². The molecular weight excluding hydrogens is 366 g/mol. The molecule has 3 atom stereocenters. The second kappa shape index (κ2) is 11.5. The van der Waals surface area contributed by atoms with Crippen molar-refractivity contribution in [1.29, 1.82) is 0 Å². The van der Waals surface area contributed by atoms with Gasteiger partial charge < -0.3 is 41.3 Å². The Morgan fingerprint density at radius 1 is 1.35 bits per heavy atom. The number of carboxylic acids is 2. The van der Waals surface area contributed by atoms with E-state index in [1.807, 2.05) is 0 Å². The van der Waals surface area contributed by atoms with Crippen LogP contribution >= 0.6 is 11.8 Å². The minimum Gasteiger partial charge on any atom is -0.548 e.